The van der Waals surface area contributed by atoms with E-state index >= 15 is 0 Å². The van der Waals surface area contributed by atoms with Gasteiger partial charge >= 0.3 is 0 Å². The van der Waals surface area contributed by atoms with Crippen LogP contribution in [0, 0.1) is 10.1 Å². The number of nitro groups is 1. The Kier molecular flexibility index (Phi) is 3.52. The molecule has 0 bridgehead atoms. The highest BCUT2D eigenvalue weighted by atomic mass is 32.1. The molecular weight excluding hydrogens is 384 g/mol. The Hall–Kier alpha value is -3.93. The van der Waals surface area contributed by atoms with E-state index in [1.165, 1.54) is 23.5 Å². The number of nitro benzene ring substituents is 1. The van der Waals surface area contributed by atoms with Gasteiger partial charge in [-0.2, -0.15) is 9.78 Å². The Labute approximate surface area is 159 Å². The minimum atomic E-state index is -0.495. The van der Waals surface area contributed by atoms with E-state index in [4.69, 9.17) is 0 Å². The van der Waals surface area contributed by atoms with Gasteiger partial charge in [0, 0.05) is 28.1 Å². The fourth-order valence-corrected chi connectivity index (χ4v) is 4.05. The molecule has 0 saturated carbocycles. The third kappa shape index (κ3) is 2.39. The van der Waals surface area contributed by atoms with Crippen molar-refractivity contribution in [1.29, 1.82) is 0 Å². The molecule has 138 valence electrons. The number of nitrogens with zero attached hydrogens (tertiary/aromatic N) is 6. The first-order valence-corrected chi connectivity index (χ1v) is 8.97. The van der Waals surface area contributed by atoms with E-state index in [0.717, 1.165) is 4.88 Å². The highest BCUT2D eigenvalue weighted by Gasteiger charge is 2.35. The van der Waals surface area contributed by atoms with Crippen LogP contribution in [0.1, 0.15) is 16.5 Å². The Bertz CT molecular complexity index is 1260. The first-order valence-electron chi connectivity index (χ1n) is 8.09. The number of tetrazole rings is 1. The molecule has 0 spiro atoms. The summed E-state index contributed by atoms with van der Waals surface area (Å²) >= 11 is 1.49. The summed E-state index contributed by atoms with van der Waals surface area (Å²) in [5.41, 5.74) is 1.22. The van der Waals surface area contributed by atoms with Crippen LogP contribution < -0.4 is 10.9 Å². The fourth-order valence-electron chi connectivity index (χ4n) is 3.23. The number of hydrogen-bond donors (Lipinski definition) is 2. The minimum absolute atomic E-state index is 0.0706. The molecule has 4 aromatic rings. The zero-order valence-corrected chi connectivity index (χ0v) is 14.8. The molecule has 1 aliphatic heterocycles. The molecule has 4 heterocycles. The van der Waals surface area contributed by atoms with Gasteiger partial charge in [0.2, 0.25) is 5.95 Å². The lowest BCUT2D eigenvalue weighted by molar-refractivity contribution is -0.384. The summed E-state index contributed by atoms with van der Waals surface area (Å²) < 4.78 is 1.57. The number of benzene rings is 1. The van der Waals surface area contributed by atoms with Gasteiger partial charge in [-0.05, 0) is 21.9 Å². The van der Waals surface area contributed by atoms with Gasteiger partial charge in [-0.25, -0.2) is 5.10 Å². The lowest BCUT2D eigenvalue weighted by Gasteiger charge is -2.26. The van der Waals surface area contributed by atoms with Crippen LogP contribution >= 0.6 is 11.3 Å². The normalized spacial score (nSPS) is 14.8. The van der Waals surface area contributed by atoms with Gasteiger partial charge in [-0.3, -0.25) is 14.9 Å². The van der Waals surface area contributed by atoms with Gasteiger partial charge < -0.3 is 5.32 Å². The van der Waals surface area contributed by atoms with Gasteiger partial charge in [-0.15, -0.1) is 11.3 Å². The molecule has 0 radical (unpaired) electrons. The number of non-ortho nitro benzene ring substituents is 1. The summed E-state index contributed by atoms with van der Waals surface area (Å²) in [5.74, 6) is 0.326. The lowest BCUT2D eigenvalue weighted by Crippen LogP contribution is -2.28. The molecule has 0 saturated heterocycles. The predicted molar refractivity (Wildman–Crippen MR) is 99.6 cm³/mol. The van der Waals surface area contributed by atoms with Crippen LogP contribution in [0.4, 0.5) is 17.3 Å². The standard InChI is InChI=1S/C16H10N8O3S/c25-15-13-11(12(18-19-15)8-3-1-4-9(7-8)24(26)27)14(10-5-2-6-28-10)23-16(17-13)20-21-22-23/h1-7,14H,(H,19,25)(H,17,20,22)/t14-/m0/s1. The third-order valence-corrected chi connectivity index (χ3v) is 5.34. The Morgan fingerprint density at radius 2 is 2.14 bits per heavy atom. The molecule has 11 nitrogen and oxygen atoms in total. The van der Waals surface area contributed by atoms with Crippen molar-refractivity contribution in [3.05, 3.63) is 72.7 Å². The van der Waals surface area contributed by atoms with Crippen LogP contribution in [0.5, 0.6) is 0 Å². The molecule has 12 heteroatoms. The number of thiophene rings is 1. The van der Waals surface area contributed by atoms with E-state index in [1.807, 2.05) is 17.5 Å². The third-order valence-electron chi connectivity index (χ3n) is 4.41. The first-order chi connectivity index (χ1) is 13.6. The number of rotatable bonds is 3. The van der Waals surface area contributed by atoms with Crippen LogP contribution in [0.25, 0.3) is 11.3 Å². The summed E-state index contributed by atoms with van der Waals surface area (Å²) in [6.45, 7) is 0. The first kappa shape index (κ1) is 16.3. The van der Waals surface area contributed by atoms with Crippen molar-refractivity contribution in [2.45, 2.75) is 6.04 Å². The second kappa shape index (κ2) is 6.06. The van der Waals surface area contributed by atoms with Crippen molar-refractivity contribution in [3.8, 4) is 11.3 Å². The van der Waals surface area contributed by atoms with Crippen molar-refractivity contribution in [2.24, 2.45) is 0 Å². The van der Waals surface area contributed by atoms with E-state index in [9.17, 15) is 14.9 Å². The zero-order chi connectivity index (χ0) is 19.3. The summed E-state index contributed by atoms with van der Waals surface area (Å²) in [7, 11) is 0. The van der Waals surface area contributed by atoms with Crippen LogP contribution in [0.2, 0.25) is 0 Å². The van der Waals surface area contributed by atoms with Crippen molar-refractivity contribution in [3.63, 3.8) is 0 Å². The largest absolute Gasteiger partial charge is 0.318 e. The maximum Gasteiger partial charge on any atom is 0.288 e. The Morgan fingerprint density at radius 3 is 2.93 bits per heavy atom. The van der Waals surface area contributed by atoms with Crippen LogP contribution in [-0.2, 0) is 0 Å². The summed E-state index contributed by atoms with van der Waals surface area (Å²) in [5, 5.41) is 34.4. The molecule has 2 N–H and O–H groups in total. The summed E-state index contributed by atoms with van der Waals surface area (Å²) in [6.07, 6.45) is 0. The molecule has 5 rings (SSSR count). The molecule has 0 unspecified atom stereocenters. The van der Waals surface area contributed by atoms with E-state index in [-0.39, 0.29) is 11.4 Å². The quantitative estimate of drug-likeness (QED) is 0.349. The molecule has 1 atom stereocenters. The smallest absolute Gasteiger partial charge is 0.288 e. The number of nitrogens with one attached hydrogen (secondary N) is 2. The Balaban J connectivity index is 1.81. The average molecular weight is 394 g/mol. The molecule has 28 heavy (non-hydrogen) atoms. The minimum Gasteiger partial charge on any atom is -0.318 e. The number of fused-ring (bicyclic) bond motifs is 2. The van der Waals surface area contributed by atoms with E-state index < -0.39 is 16.5 Å². The monoisotopic (exact) mass is 394 g/mol. The number of H-pyrrole nitrogens is 1. The highest BCUT2D eigenvalue weighted by molar-refractivity contribution is 7.10. The predicted octanol–water partition coefficient (Wildman–Crippen LogP) is 2.09. The number of aromatic nitrogens is 6. The zero-order valence-electron chi connectivity index (χ0n) is 13.9. The number of hydrogen-bond acceptors (Lipinski definition) is 9. The topological polar surface area (TPSA) is 145 Å². The maximum atomic E-state index is 12.5. The number of anilines is 2. The van der Waals surface area contributed by atoms with Gasteiger partial charge in [-0.1, -0.05) is 23.3 Å². The second-order valence-electron chi connectivity index (χ2n) is 5.99. The van der Waals surface area contributed by atoms with Crippen molar-refractivity contribution in [1.82, 2.24) is 30.4 Å². The van der Waals surface area contributed by atoms with Gasteiger partial charge in [0.1, 0.15) is 11.7 Å². The highest BCUT2D eigenvalue weighted by Crippen LogP contribution is 2.42. The van der Waals surface area contributed by atoms with Gasteiger partial charge in [0.25, 0.3) is 11.2 Å². The second-order valence-corrected chi connectivity index (χ2v) is 6.97. The molecule has 1 aliphatic rings. The molecule has 0 amide bonds. The average Bonchev–Trinajstić information content (AvgIpc) is 3.39. The molecule has 0 fully saturated rings. The maximum absolute atomic E-state index is 12.5. The molecule has 1 aromatic carbocycles. The van der Waals surface area contributed by atoms with Crippen LogP contribution in [-0.4, -0.2) is 35.3 Å². The molecule has 3 aromatic heterocycles. The van der Waals surface area contributed by atoms with Crippen molar-refractivity contribution < 1.29 is 4.92 Å². The van der Waals surface area contributed by atoms with E-state index in [2.05, 4.69) is 31.0 Å². The number of aromatic amines is 1. The van der Waals surface area contributed by atoms with E-state index in [0.29, 0.717) is 22.8 Å². The van der Waals surface area contributed by atoms with Crippen LogP contribution in [0.15, 0.2) is 46.6 Å². The van der Waals surface area contributed by atoms with Gasteiger partial charge in [0.15, 0.2) is 0 Å². The van der Waals surface area contributed by atoms with Crippen molar-refractivity contribution >= 4 is 28.7 Å². The SMILES string of the molecule is O=c1[nH]nc(-c2cccc([N+](=O)[O-])c2)c2c1Nc1nnnn1[C@H]2c1cccs1. The van der Waals surface area contributed by atoms with Crippen LogP contribution in [0.3, 0.4) is 0 Å². The van der Waals surface area contributed by atoms with E-state index in [1.54, 1.807) is 16.8 Å². The van der Waals surface area contributed by atoms with Crippen molar-refractivity contribution in [2.75, 3.05) is 5.32 Å². The summed E-state index contributed by atoms with van der Waals surface area (Å²) in [4.78, 5) is 24.1. The molecule has 0 aliphatic carbocycles. The molecular formula is C16H10N8O3S. The van der Waals surface area contributed by atoms with Gasteiger partial charge in [0.05, 0.1) is 10.6 Å². The fraction of sp³-hybridized carbons (Fsp3) is 0.0625. The summed E-state index contributed by atoms with van der Waals surface area (Å²) in [6, 6.07) is 9.40. The Morgan fingerprint density at radius 1 is 1.25 bits per heavy atom. The lowest BCUT2D eigenvalue weighted by atomic mass is 9.96.